The zero-order valence-corrected chi connectivity index (χ0v) is 23.9. The Balaban J connectivity index is 1.35. The second-order valence-electron chi connectivity index (χ2n) is 9.15. The molecule has 3 aromatic heterocycles. The molecule has 0 bridgehead atoms. The van der Waals surface area contributed by atoms with Gasteiger partial charge in [-0.3, -0.25) is 14.5 Å². The van der Waals surface area contributed by atoms with E-state index in [0.717, 1.165) is 36.6 Å². The van der Waals surface area contributed by atoms with Gasteiger partial charge in [0.25, 0.3) is 11.8 Å². The Labute approximate surface area is 242 Å². The van der Waals surface area contributed by atoms with E-state index in [1.54, 1.807) is 13.3 Å². The summed E-state index contributed by atoms with van der Waals surface area (Å²) in [5, 5.41) is 21.3. The normalized spacial score (nSPS) is 18.8. The molecular formula is C24H28N10O5S2. The largest absolute Gasteiger partial charge is 0.543 e. The summed E-state index contributed by atoms with van der Waals surface area (Å²) in [5.74, 6) is -2.51. The Bertz CT molecular complexity index is 1550. The minimum absolute atomic E-state index is 0.0355. The van der Waals surface area contributed by atoms with E-state index in [9.17, 15) is 19.5 Å². The average molecular weight is 601 g/mol. The number of aryl methyl sites for hydroxylation is 1. The quantitative estimate of drug-likeness (QED) is 0.0698. The van der Waals surface area contributed by atoms with Gasteiger partial charge in [0.1, 0.15) is 30.1 Å². The fourth-order valence-electron chi connectivity index (χ4n) is 4.67. The van der Waals surface area contributed by atoms with Crippen molar-refractivity contribution >= 4 is 63.1 Å². The van der Waals surface area contributed by atoms with Gasteiger partial charge in [-0.15, -0.1) is 11.8 Å². The highest BCUT2D eigenvalue weighted by atomic mass is 32.2. The van der Waals surface area contributed by atoms with Crippen LogP contribution in [0.4, 0.5) is 5.13 Å². The van der Waals surface area contributed by atoms with Crippen molar-refractivity contribution in [2.75, 3.05) is 31.7 Å². The standard InChI is InChI=1S/C24H28N10O5S2/c1-3-39-30-15(18-29-24(25)41-31-18)20(35)28-16-21(36)34-17(23(37)38)13(11-40-22(16)34)10-32-8-4-6-14-19(32)27-12-33(14)9-5-7-26-2/h4,6,8,12,16,22,26H,3,5,7,9-11H2,1-2H3,(H3-,25,28,29,31,35,37,38)/b30-15-/t16-,22?/m0/s1. The number of carbonyl (C=O) groups excluding carboxylic acids is 3. The molecule has 1 fully saturated rings. The van der Waals surface area contributed by atoms with E-state index in [4.69, 9.17) is 10.6 Å². The molecule has 3 aromatic rings. The summed E-state index contributed by atoms with van der Waals surface area (Å²) in [6, 6.07) is 2.85. The molecule has 0 radical (unpaired) electrons. The van der Waals surface area contributed by atoms with Crippen LogP contribution >= 0.6 is 23.3 Å². The maximum absolute atomic E-state index is 13.2. The second kappa shape index (κ2) is 12.2. The van der Waals surface area contributed by atoms with E-state index < -0.39 is 29.2 Å². The van der Waals surface area contributed by atoms with Gasteiger partial charge in [-0.05, 0) is 44.1 Å². The number of carboxylic acids is 1. The van der Waals surface area contributed by atoms with E-state index >= 15 is 0 Å². The van der Waals surface area contributed by atoms with Crippen LogP contribution in [0.1, 0.15) is 19.2 Å². The highest BCUT2D eigenvalue weighted by Gasteiger charge is 2.53. The maximum atomic E-state index is 13.2. The number of carbonyl (C=O) groups is 3. The lowest BCUT2D eigenvalue weighted by atomic mass is 10.0. The minimum Gasteiger partial charge on any atom is -0.543 e. The van der Waals surface area contributed by atoms with E-state index in [1.165, 1.54) is 16.7 Å². The number of oxime groups is 1. The topological polar surface area (TPSA) is 197 Å². The molecule has 2 aliphatic rings. The van der Waals surface area contributed by atoms with Crippen LogP contribution in [0.15, 0.2) is 41.1 Å². The maximum Gasteiger partial charge on any atom is 0.349 e. The summed E-state index contributed by atoms with van der Waals surface area (Å²) in [5.41, 5.74) is 7.33. The predicted octanol–water partition coefficient (Wildman–Crippen LogP) is -1.79. The van der Waals surface area contributed by atoms with Crippen molar-refractivity contribution in [2.24, 2.45) is 5.16 Å². The minimum atomic E-state index is -1.46. The van der Waals surface area contributed by atoms with Crippen molar-refractivity contribution in [1.29, 1.82) is 0 Å². The molecule has 0 aliphatic carbocycles. The lowest BCUT2D eigenvalue weighted by Crippen LogP contribution is -2.71. The van der Waals surface area contributed by atoms with Gasteiger partial charge in [0.05, 0.1) is 17.9 Å². The first-order valence-corrected chi connectivity index (χ1v) is 14.6. The molecule has 2 atom stereocenters. The van der Waals surface area contributed by atoms with E-state index in [-0.39, 0.29) is 35.5 Å². The van der Waals surface area contributed by atoms with E-state index in [1.807, 2.05) is 34.5 Å². The van der Waals surface area contributed by atoms with Crippen molar-refractivity contribution in [3.05, 3.63) is 41.8 Å². The summed E-state index contributed by atoms with van der Waals surface area (Å²) < 4.78 is 7.90. The van der Waals surface area contributed by atoms with Crippen molar-refractivity contribution in [1.82, 2.24) is 34.4 Å². The third-order valence-corrected chi connectivity index (χ3v) is 8.40. The van der Waals surface area contributed by atoms with Gasteiger partial charge in [0, 0.05) is 29.4 Å². The number of nitrogens with two attached hydrogens (primary N) is 1. The number of fused-ring (bicyclic) bond motifs is 2. The van der Waals surface area contributed by atoms with Crippen LogP contribution in [0.5, 0.6) is 0 Å². The highest BCUT2D eigenvalue weighted by molar-refractivity contribution is 8.00. The van der Waals surface area contributed by atoms with E-state index in [0.29, 0.717) is 17.0 Å². The Kier molecular flexibility index (Phi) is 8.46. The fourth-order valence-corrected chi connectivity index (χ4v) is 6.44. The third kappa shape index (κ3) is 5.59. The summed E-state index contributed by atoms with van der Waals surface area (Å²) in [7, 11) is 1.90. The van der Waals surface area contributed by atoms with Crippen LogP contribution in [0.25, 0.3) is 11.2 Å². The number of nitrogens with zero attached hydrogens (tertiary/aromatic N) is 7. The highest BCUT2D eigenvalue weighted by Crippen LogP contribution is 2.40. The monoisotopic (exact) mass is 600 g/mol. The van der Waals surface area contributed by atoms with Crippen molar-refractivity contribution in [2.45, 2.75) is 37.8 Å². The number of nitrogens with one attached hydrogen (secondary N) is 2. The third-order valence-electron chi connectivity index (χ3n) is 6.52. The molecule has 2 amide bonds. The smallest absolute Gasteiger partial charge is 0.349 e. The number of imidazole rings is 1. The van der Waals surface area contributed by atoms with Gasteiger partial charge in [0.2, 0.25) is 17.9 Å². The number of amides is 2. The van der Waals surface area contributed by atoms with Gasteiger partial charge in [-0.1, -0.05) is 5.16 Å². The molecule has 0 aromatic carbocycles. The number of pyridine rings is 1. The number of anilines is 1. The lowest BCUT2D eigenvalue weighted by Gasteiger charge is -2.50. The second-order valence-corrected chi connectivity index (χ2v) is 11.0. The van der Waals surface area contributed by atoms with Crippen LogP contribution in [-0.4, -0.2) is 84.7 Å². The molecular weight excluding hydrogens is 572 g/mol. The van der Waals surface area contributed by atoms with Gasteiger partial charge >= 0.3 is 5.65 Å². The Morgan fingerprint density at radius 2 is 2.22 bits per heavy atom. The summed E-state index contributed by atoms with van der Waals surface area (Å²) in [6.45, 7) is 3.74. The van der Waals surface area contributed by atoms with Gasteiger partial charge in [-0.2, -0.15) is 9.36 Å². The first kappa shape index (κ1) is 28.4. The molecule has 1 saturated heterocycles. The average Bonchev–Trinajstić information content (AvgIpc) is 3.58. The van der Waals surface area contributed by atoms with Crippen molar-refractivity contribution in [3.63, 3.8) is 0 Å². The number of hydrogen-bond donors (Lipinski definition) is 3. The van der Waals surface area contributed by atoms with Crippen LogP contribution in [0, 0.1) is 0 Å². The number of hydrogen-bond acceptors (Lipinski definition) is 13. The number of β-lactam (4-membered cyclic amide) rings is 1. The first-order valence-electron chi connectivity index (χ1n) is 12.8. The molecule has 1 unspecified atom stereocenters. The Morgan fingerprint density at radius 1 is 1.39 bits per heavy atom. The van der Waals surface area contributed by atoms with Crippen LogP contribution in [0.3, 0.4) is 0 Å². The van der Waals surface area contributed by atoms with Gasteiger partial charge in [0.15, 0.2) is 5.13 Å². The summed E-state index contributed by atoms with van der Waals surface area (Å²) in [4.78, 5) is 53.2. The summed E-state index contributed by atoms with van der Waals surface area (Å²) >= 11 is 2.23. The van der Waals surface area contributed by atoms with Gasteiger partial charge in [-0.25, -0.2) is 4.57 Å². The number of carboxylic acid groups (broad SMARTS) is 1. The molecule has 4 N–H and O–H groups in total. The SMILES string of the molecule is CCO/N=C(\C(=O)N[C@H]1C(=O)N2C(C(=O)[O-])=C(C[n+]3cccc4c3ncn4CCCNC)CSC12)c1nsc(N)n1. The van der Waals surface area contributed by atoms with Gasteiger partial charge < -0.3 is 35.7 Å². The first-order chi connectivity index (χ1) is 19.8. The summed E-state index contributed by atoms with van der Waals surface area (Å²) in [6.07, 6.45) is 4.52. The lowest BCUT2D eigenvalue weighted by molar-refractivity contribution is -0.664. The molecule has 5 rings (SSSR count). The molecule has 17 heteroatoms. The number of thioether (sulfide) groups is 1. The number of rotatable bonds is 12. The molecule has 15 nitrogen and oxygen atoms in total. The Hall–Kier alpha value is -4.09. The Morgan fingerprint density at radius 3 is 2.93 bits per heavy atom. The van der Waals surface area contributed by atoms with Crippen LogP contribution in [0.2, 0.25) is 0 Å². The van der Waals surface area contributed by atoms with E-state index in [2.05, 4.69) is 30.1 Å². The molecule has 0 saturated carbocycles. The number of aliphatic carboxylic acids is 1. The van der Waals surface area contributed by atoms with Crippen molar-refractivity contribution < 1.29 is 28.9 Å². The number of nitrogen functional groups attached to an aromatic ring is 1. The van der Waals surface area contributed by atoms with Crippen LogP contribution < -0.4 is 26.0 Å². The number of aromatic nitrogens is 5. The predicted molar refractivity (Wildman–Crippen MR) is 148 cm³/mol. The molecule has 0 spiro atoms. The zero-order valence-electron chi connectivity index (χ0n) is 22.3. The van der Waals surface area contributed by atoms with Crippen LogP contribution in [-0.2, 0) is 32.3 Å². The fraction of sp³-hybridized carbons (Fsp3) is 0.417. The molecule has 5 heterocycles. The zero-order chi connectivity index (χ0) is 29.1. The van der Waals surface area contributed by atoms with Crippen molar-refractivity contribution in [3.8, 4) is 0 Å². The molecule has 41 heavy (non-hydrogen) atoms. The molecule has 216 valence electrons. The molecule has 2 aliphatic heterocycles.